The summed E-state index contributed by atoms with van der Waals surface area (Å²) >= 11 is 0. The molecule has 0 bridgehead atoms. The number of nitrogens with zero attached hydrogens (tertiary/aromatic N) is 1. The predicted molar refractivity (Wildman–Crippen MR) is 100 cm³/mol. The third kappa shape index (κ3) is 4.25. The van der Waals surface area contributed by atoms with E-state index in [1.165, 1.54) is 12.1 Å². The zero-order valence-electron chi connectivity index (χ0n) is 15.3. The largest absolute Gasteiger partial charge is 0.370 e. The van der Waals surface area contributed by atoms with Crippen LogP contribution in [0.25, 0.3) is 0 Å². The molecule has 2 N–H and O–H groups in total. The van der Waals surface area contributed by atoms with Crippen LogP contribution in [-0.4, -0.2) is 43.6 Å². The van der Waals surface area contributed by atoms with E-state index in [4.69, 9.17) is 4.74 Å². The Balaban J connectivity index is 1.71. The van der Waals surface area contributed by atoms with E-state index in [2.05, 4.69) is 10.6 Å². The Morgan fingerprint density at radius 1 is 1.19 bits per heavy atom. The van der Waals surface area contributed by atoms with Crippen LogP contribution in [0.15, 0.2) is 42.5 Å². The number of hydrogen-bond acceptors (Lipinski definition) is 3. The van der Waals surface area contributed by atoms with Crippen LogP contribution in [0, 0.1) is 12.7 Å². The molecule has 1 aliphatic heterocycles. The van der Waals surface area contributed by atoms with Gasteiger partial charge in [0.05, 0.1) is 13.2 Å². The van der Waals surface area contributed by atoms with Gasteiger partial charge in [0, 0.05) is 24.8 Å². The number of benzene rings is 2. The van der Waals surface area contributed by atoms with Crippen LogP contribution in [0.3, 0.4) is 0 Å². The van der Waals surface area contributed by atoms with Gasteiger partial charge in [-0.2, -0.15) is 0 Å². The van der Waals surface area contributed by atoms with Crippen molar-refractivity contribution in [1.82, 2.24) is 10.2 Å². The number of hydrogen-bond donors (Lipinski definition) is 2. The van der Waals surface area contributed by atoms with Crippen molar-refractivity contribution >= 4 is 17.6 Å². The lowest BCUT2D eigenvalue weighted by Gasteiger charge is -2.33. The van der Waals surface area contributed by atoms with Gasteiger partial charge in [0.15, 0.2) is 0 Å². The number of carbonyl (C=O) groups is 2. The lowest BCUT2D eigenvalue weighted by atomic mass is 10.1. The molecule has 2 aromatic carbocycles. The van der Waals surface area contributed by atoms with Gasteiger partial charge in [0.1, 0.15) is 11.9 Å². The third-order valence-electron chi connectivity index (χ3n) is 4.64. The maximum Gasteiger partial charge on any atom is 0.322 e. The number of nitrogens with one attached hydrogen (secondary N) is 2. The zero-order valence-corrected chi connectivity index (χ0v) is 15.3. The second-order valence-corrected chi connectivity index (χ2v) is 6.34. The Bertz CT molecular complexity index is 839. The normalized spacial score (nSPS) is 16.7. The van der Waals surface area contributed by atoms with E-state index in [9.17, 15) is 14.0 Å². The molecule has 0 aliphatic carbocycles. The van der Waals surface area contributed by atoms with Crippen LogP contribution in [0.1, 0.15) is 27.6 Å². The topological polar surface area (TPSA) is 70.7 Å². The highest BCUT2D eigenvalue weighted by Crippen LogP contribution is 2.24. The highest BCUT2D eigenvalue weighted by molar-refractivity contribution is 5.98. The first-order valence-electron chi connectivity index (χ1n) is 8.74. The SMILES string of the molecule is CNC(=O)c1cccc(NC(=O)N2CCO[C@@H](c3ccc(F)cc3)C2)c1C. The fourth-order valence-corrected chi connectivity index (χ4v) is 3.06. The molecule has 0 radical (unpaired) electrons. The number of ether oxygens (including phenoxy) is 1. The van der Waals surface area contributed by atoms with E-state index >= 15 is 0 Å². The van der Waals surface area contributed by atoms with Crippen molar-refractivity contribution in [2.45, 2.75) is 13.0 Å². The number of rotatable bonds is 3. The number of amides is 3. The monoisotopic (exact) mass is 371 g/mol. The Kier molecular flexibility index (Phi) is 5.71. The standard InChI is InChI=1S/C20H22FN3O3/c1-13-16(19(25)22-2)4-3-5-17(13)23-20(26)24-10-11-27-18(12-24)14-6-8-15(21)9-7-14/h3-9,18H,10-12H2,1-2H3,(H,22,25)(H,23,26)/t18-/m1/s1. The summed E-state index contributed by atoms with van der Waals surface area (Å²) in [5.41, 5.74) is 2.63. The molecule has 1 saturated heterocycles. The molecule has 0 aromatic heterocycles. The van der Waals surface area contributed by atoms with Gasteiger partial charge in [-0.05, 0) is 42.3 Å². The Morgan fingerprint density at radius 2 is 1.93 bits per heavy atom. The maximum absolute atomic E-state index is 13.1. The second-order valence-electron chi connectivity index (χ2n) is 6.34. The first-order chi connectivity index (χ1) is 13.0. The van der Waals surface area contributed by atoms with Crippen LogP contribution >= 0.6 is 0 Å². The fraction of sp³-hybridized carbons (Fsp3) is 0.300. The molecular weight excluding hydrogens is 349 g/mol. The van der Waals surface area contributed by atoms with Crippen molar-refractivity contribution in [3.8, 4) is 0 Å². The zero-order chi connectivity index (χ0) is 19.4. The van der Waals surface area contributed by atoms with E-state index in [1.807, 2.05) is 0 Å². The van der Waals surface area contributed by atoms with Crippen LogP contribution in [-0.2, 0) is 4.74 Å². The molecule has 1 heterocycles. The highest BCUT2D eigenvalue weighted by atomic mass is 19.1. The minimum absolute atomic E-state index is 0.202. The summed E-state index contributed by atoms with van der Waals surface area (Å²) in [5, 5.41) is 5.46. The van der Waals surface area contributed by atoms with Gasteiger partial charge in [-0.3, -0.25) is 4.79 Å². The number of urea groups is 1. The number of anilines is 1. The van der Waals surface area contributed by atoms with Gasteiger partial charge in [-0.15, -0.1) is 0 Å². The van der Waals surface area contributed by atoms with Gasteiger partial charge >= 0.3 is 6.03 Å². The Hall–Kier alpha value is -2.93. The summed E-state index contributed by atoms with van der Waals surface area (Å²) in [4.78, 5) is 26.3. The number of halogens is 1. The molecule has 3 rings (SSSR count). The lowest BCUT2D eigenvalue weighted by molar-refractivity contribution is -0.0135. The van der Waals surface area contributed by atoms with Crippen molar-refractivity contribution in [3.05, 3.63) is 65.0 Å². The maximum atomic E-state index is 13.1. The molecule has 142 valence electrons. The van der Waals surface area contributed by atoms with Gasteiger partial charge in [0.25, 0.3) is 5.91 Å². The summed E-state index contributed by atoms with van der Waals surface area (Å²) in [6.07, 6.45) is -0.302. The predicted octanol–water partition coefficient (Wildman–Crippen LogP) is 3.10. The summed E-state index contributed by atoms with van der Waals surface area (Å²) in [7, 11) is 1.57. The molecule has 1 fully saturated rings. The van der Waals surface area contributed by atoms with E-state index in [-0.39, 0.29) is 23.9 Å². The first-order valence-corrected chi connectivity index (χ1v) is 8.74. The lowest BCUT2D eigenvalue weighted by Crippen LogP contribution is -2.44. The van der Waals surface area contributed by atoms with Crippen molar-refractivity contribution in [2.75, 3.05) is 32.1 Å². The molecule has 1 atom stereocenters. The van der Waals surface area contributed by atoms with Crippen LogP contribution in [0.5, 0.6) is 0 Å². The summed E-state index contributed by atoms with van der Waals surface area (Å²) in [6.45, 7) is 3.01. The smallest absolute Gasteiger partial charge is 0.322 e. The van der Waals surface area contributed by atoms with Gasteiger partial charge in [-0.1, -0.05) is 18.2 Å². The second kappa shape index (κ2) is 8.18. The molecule has 3 amide bonds. The van der Waals surface area contributed by atoms with Crippen molar-refractivity contribution in [2.24, 2.45) is 0 Å². The molecule has 27 heavy (non-hydrogen) atoms. The molecule has 0 spiro atoms. The van der Waals surface area contributed by atoms with Gasteiger partial charge in [-0.25, -0.2) is 9.18 Å². The van der Waals surface area contributed by atoms with E-state index in [0.29, 0.717) is 36.5 Å². The molecule has 0 saturated carbocycles. The average Bonchev–Trinajstić information content (AvgIpc) is 2.69. The third-order valence-corrected chi connectivity index (χ3v) is 4.64. The Labute approximate surface area is 157 Å². The highest BCUT2D eigenvalue weighted by Gasteiger charge is 2.26. The molecule has 2 aromatic rings. The summed E-state index contributed by atoms with van der Waals surface area (Å²) in [5.74, 6) is -0.512. The van der Waals surface area contributed by atoms with Crippen molar-refractivity contribution in [1.29, 1.82) is 0 Å². The van der Waals surface area contributed by atoms with E-state index in [0.717, 1.165) is 5.56 Å². The van der Waals surface area contributed by atoms with Gasteiger partial charge in [0.2, 0.25) is 0 Å². The molecule has 6 nitrogen and oxygen atoms in total. The minimum Gasteiger partial charge on any atom is -0.370 e. The number of carbonyl (C=O) groups excluding carboxylic acids is 2. The number of morpholine rings is 1. The Morgan fingerprint density at radius 3 is 2.63 bits per heavy atom. The van der Waals surface area contributed by atoms with Crippen molar-refractivity contribution in [3.63, 3.8) is 0 Å². The van der Waals surface area contributed by atoms with Crippen molar-refractivity contribution < 1.29 is 18.7 Å². The van der Waals surface area contributed by atoms with Crippen LogP contribution in [0.4, 0.5) is 14.9 Å². The summed E-state index contributed by atoms with van der Waals surface area (Å²) < 4.78 is 18.8. The first kappa shape index (κ1) is 18.8. The minimum atomic E-state index is -0.310. The molecule has 7 heteroatoms. The fourth-order valence-electron chi connectivity index (χ4n) is 3.06. The van der Waals surface area contributed by atoms with E-state index in [1.54, 1.807) is 49.2 Å². The summed E-state index contributed by atoms with van der Waals surface area (Å²) in [6, 6.07) is 11.0. The van der Waals surface area contributed by atoms with E-state index < -0.39 is 0 Å². The quantitative estimate of drug-likeness (QED) is 0.871. The van der Waals surface area contributed by atoms with Crippen LogP contribution in [0.2, 0.25) is 0 Å². The molecule has 0 unspecified atom stereocenters. The molecule has 1 aliphatic rings. The van der Waals surface area contributed by atoms with Crippen LogP contribution < -0.4 is 10.6 Å². The van der Waals surface area contributed by atoms with Gasteiger partial charge < -0.3 is 20.3 Å². The molecular formula is C20H22FN3O3. The average molecular weight is 371 g/mol.